The molecular formula is C16H24N2O2S. The summed E-state index contributed by atoms with van der Waals surface area (Å²) in [7, 11) is -3.45. The van der Waals surface area contributed by atoms with Crippen molar-refractivity contribution in [3.63, 3.8) is 0 Å². The summed E-state index contributed by atoms with van der Waals surface area (Å²) in [5.74, 6) is 0.465. The van der Waals surface area contributed by atoms with Gasteiger partial charge in [-0.3, -0.25) is 0 Å². The van der Waals surface area contributed by atoms with Gasteiger partial charge in [0.25, 0.3) is 0 Å². The van der Waals surface area contributed by atoms with Crippen LogP contribution < -0.4 is 10.0 Å². The molecule has 5 heteroatoms. The van der Waals surface area contributed by atoms with Crippen LogP contribution in [0.4, 0.5) is 0 Å². The minimum absolute atomic E-state index is 0.360. The fourth-order valence-corrected chi connectivity index (χ4v) is 4.21. The third-order valence-corrected chi connectivity index (χ3v) is 6.05. The highest BCUT2D eigenvalue weighted by molar-refractivity contribution is 7.89. The molecule has 0 bridgehead atoms. The molecule has 0 spiro atoms. The van der Waals surface area contributed by atoms with E-state index in [1.807, 2.05) is 26.0 Å². The van der Waals surface area contributed by atoms with Crippen LogP contribution in [0.5, 0.6) is 0 Å². The Hall–Kier alpha value is -0.910. The Morgan fingerprint density at radius 2 is 1.90 bits per heavy atom. The average Bonchev–Trinajstić information content (AvgIpc) is 3.28. The second kappa shape index (κ2) is 5.38. The van der Waals surface area contributed by atoms with Crippen LogP contribution >= 0.6 is 0 Å². The zero-order valence-electron chi connectivity index (χ0n) is 12.7. The van der Waals surface area contributed by atoms with Crippen LogP contribution in [0.2, 0.25) is 0 Å². The van der Waals surface area contributed by atoms with E-state index in [-0.39, 0.29) is 5.54 Å². The molecule has 2 aliphatic carbocycles. The first-order chi connectivity index (χ1) is 9.87. The molecule has 0 radical (unpaired) electrons. The zero-order chi connectivity index (χ0) is 15.1. The van der Waals surface area contributed by atoms with Gasteiger partial charge in [0.1, 0.15) is 0 Å². The van der Waals surface area contributed by atoms with Crippen LogP contribution in [-0.2, 0) is 16.6 Å². The topological polar surface area (TPSA) is 58.2 Å². The van der Waals surface area contributed by atoms with Crippen molar-refractivity contribution < 1.29 is 8.42 Å². The molecule has 3 rings (SSSR count). The van der Waals surface area contributed by atoms with E-state index in [0.29, 0.717) is 16.9 Å². The zero-order valence-corrected chi connectivity index (χ0v) is 13.5. The van der Waals surface area contributed by atoms with Gasteiger partial charge in [-0.2, -0.15) is 0 Å². The highest BCUT2D eigenvalue weighted by atomic mass is 32.2. The number of sulfonamides is 1. The summed E-state index contributed by atoms with van der Waals surface area (Å²) in [6.07, 6.45) is 4.69. The molecule has 1 aromatic rings. The summed E-state index contributed by atoms with van der Waals surface area (Å²) >= 11 is 0. The molecule has 1 aromatic carbocycles. The van der Waals surface area contributed by atoms with Gasteiger partial charge < -0.3 is 5.32 Å². The fourth-order valence-electron chi connectivity index (χ4n) is 2.67. The molecule has 0 aromatic heterocycles. The number of nitrogens with one attached hydrogen (secondary N) is 2. The van der Waals surface area contributed by atoms with E-state index in [1.54, 1.807) is 12.1 Å². The van der Waals surface area contributed by atoms with Crippen molar-refractivity contribution in [2.24, 2.45) is 5.92 Å². The van der Waals surface area contributed by atoms with Gasteiger partial charge in [0, 0.05) is 18.1 Å². The molecule has 21 heavy (non-hydrogen) atoms. The molecule has 0 amide bonds. The lowest BCUT2D eigenvalue weighted by Crippen LogP contribution is -2.45. The first kappa shape index (κ1) is 15.0. The Morgan fingerprint density at radius 3 is 2.52 bits per heavy atom. The molecule has 0 heterocycles. The number of rotatable bonds is 7. The highest BCUT2D eigenvalue weighted by Gasteiger charge is 2.40. The molecule has 2 saturated carbocycles. The predicted octanol–water partition coefficient (Wildman–Crippen LogP) is 2.41. The van der Waals surface area contributed by atoms with Crippen molar-refractivity contribution in [2.75, 3.05) is 0 Å². The van der Waals surface area contributed by atoms with Crippen LogP contribution in [0.3, 0.4) is 0 Å². The van der Waals surface area contributed by atoms with Crippen LogP contribution in [0.25, 0.3) is 0 Å². The van der Waals surface area contributed by atoms with Gasteiger partial charge in [0.05, 0.1) is 4.90 Å². The number of hydrogen-bond acceptors (Lipinski definition) is 3. The Labute approximate surface area is 127 Å². The van der Waals surface area contributed by atoms with Crippen molar-refractivity contribution in [1.29, 1.82) is 0 Å². The first-order valence-corrected chi connectivity index (χ1v) is 9.21. The van der Waals surface area contributed by atoms with Crippen molar-refractivity contribution in [3.05, 3.63) is 29.8 Å². The van der Waals surface area contributed by atoms with E-state index in [0.717, 1.165) is 24.9 Å². The second-order valence-corrected chi connectivity index (χ2v) is 8.59. The Morgan fingerprint density at radius 1 is 1.19 bits per heavy atom. The van der Waals surface area contributed by atoms with Crippen molar-refractivity contribution in [1.82, 2.24) is 10.0 Å². The third kappa shape index (κ3) is 3.84. The average molecular weight is 308 g/mol. The molecule has 2 aliphatic rings. The van der Waals surface area contributed by atoms with Gasteiger partial charge >= 0.3 is 0 Å². The Balaban J connectivity index is 1.72. The van der Waals surface area contributed by atoms with Crippen LogP contribution in [0.15, 0.2) is 29.2 Å². The molecular weight excluding hydrogens is 284 g/mol. The molecule has 0 saturated heterocycles. The highest BCUT2D eigenvalue weighted by Crippen LogP contribution is 2.39. The summed E-state index contributed by atoms with van der Waals surface area (Å²) in [6.45, 7) is 4.68. The molecule has 0 unspecified atom stereocenters. The lowest BCUT2D eigenvalue weighted by atomic mass is 10.0. The molecule has 2 fully saturated rings. The van der Waals surface area contributed by atoms with Gasteiger partial charge in [-0.05, 0) is 63.1 Å². The number of benzene rings is 1. The van der Waals surface area contributed by atoms with E-state index in [1.165, 1.54) is 12.8 Å². The molecule has 2 N–H and O–H groups in total. The molecule has 0 atom stereocenters. The minimum Gasteiger partial charge on any atom is -0.310 e. The monoisotopic (exact) mass is 308 g/mol. The SMILES string of the molecule is CC(C)(NS(=O)(=O)c1cccc(CNC2CC2)c1)C1CC1. The summed E-state index contributed by atoms with van der Waals surface area (Å²) in [4.78, 5) is 0.367. The normalized spacial score (nSPS) is 19.7. The minimum atomic E-state index is -3.45. The maximum absolute atomic E-state index is 12.6. The van der Waals surface area contributed by atoms with Crippen molar-refractivity contribution in [3.8, 4) is 0 Å². The lowest BCUT2D eigenvalue weighted by molar-refractivity contribution is 0.400. The van der Waals surface area contributed by atoms with E-state index in [2.05, 4.69) is 10.0 Å². The van der Waals surface area contributed by atoms with Gasteiger partial charge in [-0.25, -0.2) is 13.1 Å². The largest absolute Gasteiger partial charge is 0.310 e. The summed E-state index contributed by atoms with van der Waals surface area (Å²) in [5, 5.41) is 3.41. The predicted molar refractivity (Wildman–Crippen MR) is 83.4 cm³/mol. The van der Waals surface area contributed by atoms with Gasteiger partial charge in [0.15, 0.2) is 0 Å². The van der Waals surface area contributed by atoms with Crippen LogP contribution in [-0.4, -0.2) is 20.0 Å². The summed E-state index contributed by atoms with van der Waals surface area (Å²) in [5.41, 5.74) is 0.662. The van der Waals surface area contributed by atoms with E-state index in [9.17, 15) is 8.42 Å². The van der Waals surface area contributed by atoms with Crippen molar-refractivity contribution in [2.45, 2.75) is 62.6 Å². The van der Waals surface area contributed by atoms with E-state index in [4.69, 9.17) is 0 Å². The van der Waals surface area contributed by atoms with Crippen LogP contribution in [0, 0.1) is 5.92 Å². The fraction of sp³-hybridized carbons (Fsp3) is 0.625. The Kier molecular flexibility index (Phi) is 3.84. The quantitative estimate of drug-likeness (QED) is 0.813. The molecule has 116 valence electrons. The van der Waals surface area contributed by atoms with Gasteiger partial charge in [0.2, 0.25) is 10.0 Å². The Bertz CT molecular complexity index is 617. The lowest BCUT2D eigenvalue weighted by Gasteiger charge is -2.25. The summed E-state index contributed by atoms with van der Waals surface area (Å²) < 4.78 is 28.0. The maximum atomic E-state index is 12.6. The van der Waals surface area contributed by atoms with E-state index < -0.39 is 10.0 Å². The molecule has 4 nitrogen and oxygen atoms in total. The third-order valence-electron chi connectivity index (χ3n) is 4.38. The van der Waals surface area contributed by atoms with Gasteiger partial charge in [-0.1, -0.05) is 12.1 Å². The first-order valence-electron chi connectivity index (χ1n) is 7.73. The maximum Gasteiger partial charge on any atom is 0.241 e. The smallest absolute Gasteiger partial charge is 0.241 e. The van der Waals surface area contributed by atoms with Crippen LogP contribution in [0.1, 0.15) is 45.1 Å². The standard InChI is InChI=1S/C16H24N2O2S/c1-16(2,13-6-7-13)18-21(19,20)15-5-3-4-12(10-15)11-17-14-8-9-14/h3-5,10,13-14,17-18H,6-9,11H2,1-2H3. The number of hydrogen-bond donors (Lipinski definition) is 2. The van der Waals surface area contributed by atoms with E-state index >= 15 is 0 Å². The molecule has 0 aliphatic heterocycles. The van der Waals surface area contributed by atoms with Crippen molar-refractivity contribution >= 4 is 10.0 Å². The second-order valence-electron chi connectivity index (χ2n) is 6.90. The summed E-state index contributed by atoms with van der Waals surface area (Å²) in [6, 6.07) is 7.87. The van der Waals surface area contributed by atoms with Gasteiger partial charge in [-0.15, -0.1) is 0 Å².